The number of rotatable bonds is 6. The van der Waals surface area contributed by atoms with E-state index in [1.165, 1.54) is 25.8 Å². The van der Waals surface area contributed by atoms with Gasteiger partial charge in [0.25, 0.3) is 5.91 Å². The number of carbonyl (C=O) groups excluding carboxylic acids is 2. The Bertz CT molecular complexity index is 1120. The highest BCUT2D eigenvalue weighted by molar-refractivity contribution is 5.94. The molecule has 1 aromatic heterocycles. The molecule has 0 aliphatic rings. The minimum absolute atomic E-state index is 0.295. The fourth-order valence-electron chi connectivity index (χ4n) is 2.72. The third kappa shape index (κ3) is 4.91. The van der Waals surface area contributed by atoms with Crippen molar-refractivity contribution in [3.05, 3.63) is 64.8 Å². The number of aromatic nitrogens is 2. The molecule has 0 aliphatic heterocycles. The molecule has 8 heteroatoms. The standard InChI is InChI=1S/C22H22N4O4/c1-13-5-7-17(9-14(13)2)18-11-19(25-24-18)22(28)26-23-12-16-6-8-20(30-15(3)27)21(10-16)29-4/h5-12H,1-4H3,(H,24,25)(H,26,28)/b23-12+. The molecule has 3 rings (SSSR count). The summed E-state index contributed by atoms with van der Waals surface area (Å²) in [5, 5.41) is 10.9. The molecule has 0 radical (unpaired) electrons. The first-order chi connectivity index (χ1) is 14.4. The maximum Gasteiger partial charge on any atom is 0.308 e. The third-order valence-corrected chi connectivity index (χ3v) is 4.45. The highest BCUT2D eigenvalue weighted by atomic mass is 16.6. The van der Waals surface area contributed by atoms with E-state index < -0.39 is 11.9 Å². The van der Waals surface area contributed by atoms with Crippen molar-refractivity contribution < 1.29 is 19.1 Å². The van der Waals surface area contributed by atoms with Crippen LogP contribution in [0.5, 0.6) is 11.5 Å². The van der Waals surface area contributed by atoms with Gasteiger partial charge >= 0.3 is 5.97 Å². The predicted molar refractivity (Wildman–Crippen MR) is 113 cm³/mol. The van der Waals surface area contributed by atoms with E-state index in [9.17, 15) is 9.59 Å². The molecule has 3 aromatic rings. The number of hydrogen-bond donors (Lipinski definition) is 2. The lowest BCUT2D eigenvalue weighted by atomic mass is 10.0. The number of methoxy groups -OCH3 is 1. The van der Waals surface area contributed by atoms with E-state index >= 15 is 0 Å². The lowest BCUT2D eigenvalue weighted by Crippen LogP contribution is -2.18. The second kappa shape index (κ2) is 9.04. The van der Waals surface area contributed by atoms with Crippen molar-refractivity contribution in [3.8, 4) is 22.8 Å². The topological polar surface area (TPSA) is 106 Å². The van der Waals surface area contributed by atoms with E-state index in [0.29, 0.717) is 28.5 Å². The van der Waals surface area contributed by atoms with E-state index in [1.807, 2.05) is 32.0 Å². The molecule has 2 N–H and O–H groups in total. The van der Waals surface area contributed by atoms with Crippen molar-refractivity contribution in [2.24, 2.45) is 5.10 Å². The van der Waals surface area contributed by atoms with Gasteiger partial charge in [0.15, 0.2) is 11.5 Å². The smallest absolute Gasteiger partial charge is 0.308 e. The Balaban J connectivity index is 1.67. The monoisotopic (exact) mass is 406 g/mol. The number of aromatic amines is 1. The van der Waals surface area contributed by atoms with Gasteiger partial charge in [-0.05, 0) is 60.9 Å². The molecule has 8 nitrogen and oxygen atoms in total. The molecule has 0 spiro atoms. The molecule has 0 aliphatic carbocycles. The summed E-state index contributed by atoms with van der Waals surface area (Å²) >= 11 is 0. The Morgan fingerprint density at radius 3 is 2.57 bits per heavy atom. The number of hydrogen-bond acceptors (Lipinski definition) is 6. The first kappa shape index (κ1) is 20.8. The van der Waals surface area contributed by atoms with Gasteiger partial charge in [0.2, 0.25) is 0 Å². The third-order valence-electron chi connectivity index (χ3n) is 4.45. The van der Waals surface area contributed by atoms with Gasteiger partial charge in [0, 0.05) is 12.5 Å². The summed E-state index contributed by atoms with van der Waals surface area (Å²) in [5.41, 5.74) is 7.35. The molecule has 0 unspecified atom stereocenters. The van der Waals surface area contributed by atoms with Gasteiger partial charge in [-0.3, -0.25) is 14.7 Å². The summed E-state index contributed by atoms with van der Waals surface area (Å²) < 4.78 is 10.3. The van der Waals surface area contributed by atoms with Crippen LogP contribution in [0.25, 0.3) is 11.3 Å². The molecule has 0 saturated heterocycles. The molecule has 0 fully saturated rings. The van der Waals surface area contributed by atoms with Crippen molar-refractivity contribution in [2.75, 3.05) is 7.11 Å². The van der Waals surface area contributed by atoms with Crippen molar-refractivity contribution in [1.29, 1.82) is 0 Å². The molecule has 2 aromatic carbocycles. The normalized spacial score (nSPS) is 10.8. The van der Waals surface area contributed by atoms with Crippen LogP contribution in [0.3, 0.4) is 0 Å². The average molecular weight is 406 g/mol. The fourth-order valence-corrected chi connectivity index (χ4v) is 2.72. The summed E-state index contributed by atoms with van der Waals surface area (Å²) in [4.78, 5) is 23.4. The van der Waals surface area contributed by atoms with Crippen molar-refractivity contribution in [1.82, 2.24) is 15.6 Å². The van der Waals surface area contributed by atoms with Crippen LogP contribution < -0.4 is 14.9 Å². The number of esters is 1. The summed E-state index contributed by atoms with van der Waals surface area (Å²) in [6.45, 7) is 5.38. The first-order valence-electron chi connectivity index (χ1n) is 9.20. The summed E-state index contributed by atoms with van der Waals surface area (Å²) in [5.74, 6) is -0.173. The number of ether oxygens (including phenoxy) is 2. The SMILES string of the molecule is COc1cc(/C=N/NC(=O)c2cc(-c3ccc(C)c(C)c3)n[nH]2)ccc1OC(C)=O. The van der Waals surface area contributed by atoms with Crippen LogP contribution >= 0.6 is 0 Å². The number of benzene rings is 2. The molecule has 1 amide bonds. The number of H-pyrrole nitrogens is 1. The van der Waals surface area contributed by atoms with Gasteiger partial charge in [0.05, 0.1) is 19.0 Å². The van der Waals surface area contributed by atoms with Crippen LogP contribution in [0.4, 0.5) is 0 Å². The molecule has 154 valence electrons. The second-order valence-electron chi connectivity index (χ2n) is 6.67. The molecular weight excluding hydrogens is 384 g/mol. The van der Waals surface area contributed by atoms with E-state index in [-0.39, 0.29) is 0 Å². The number of nitrogens with one attached hydrogen (secondary N) is 2. The lowest BCUT2D eigenvalue weighted by molar-refractivity contribution is -0.132. The van der Waals surface area contributed by atoms with Gasteiger partial charge in [-0.2, -0.15) is 10.2 Å². The van der Waals surface area contributed by atoms with Crippen molar-refractivity contribution in [2.45, 2.75) is 20.8 Å². The zero-order valence-electron chi connectivity index (χ0n) is 17.1. The van der Waals surface area contributed by atoms with Crippen LogP contribution in [-0.2, 0) is 4.79 Å². The Hall–Kier alpha value is -3.94. The number of amides is 1. The van der Waals surface area contributed by atoms with Crippen LogP contribution in [0.1, 0.15) is 34.1 Å². The minimum atomic E-state index is -0.443. The van der Waals surface area contributed by atoms with Gasteiger partial charge < -0.3 is 9.47 Å². The van der Waals surface area contributed by atoms with Crippen LogP contribution in [0.15, 0.2) is 47.6 Å². The molecule has 0 saturated carbocycles. The minimum Gasteiger partial charge on any atom is -0.493 e. The van der Waals surface area contributed by atoms with Crippen molar-refractivity contribution in [3.63, 3.8) is 0 Å². The largest absolute Gasteiger partial charge is 0.493 e. The van der Waals surface area contributed by atoms with Gasteiger partial charge in [-0.25, -0.2) is 5.43 Å². The summed E-state index contributed by atoms with van der Waals surface area (Å²) in [6.07, 6.45) is 1.46. The van der Waals surface area contributed by atoms with Gasteiger partial charge in [-0.15, -0.1) is 0 Å². The quantitative estimate of drug-likeness (QED) is 0.282. The summed E-state index contributed by atoms with van der Waals surface area (Å²) in [7, 11) is 1.47. The highest BCUT2D eigenvalue weighted by Gasteiger charge is 2.11. The second-order valence-corrected chi connectivity index (χ2v) is 6.67. The van der Waals surface area contributed by atoms with Crippen molar-refractivity contribution >= 4 is 18.1 Å². The van der Waals surface area contributed by atoms with E-state index in [4.69, 9.17) is 9.47 Å². The molecule has 1 heterocycles. The Labute approximate surface area is 173 Å². The average Bonchev–Trinajstić information content (AvgIpc) is 3.21. The number of nitrogens with zero attached hydrogens (tertiary/aromatic N) is 2. The van der Waals surface area contributed by atoms with Gasteiger partial charge in [-0.1, -0.05) is 12.1 Å². The van der Waals surface area contributed by atoms with E-state index in [1.54, 1.807) is 24.3 Å². The maximum atomic E-state index is 12.3. The zero-order valence-corrected chi connectivity index (χ0v) is 17.1. The number of hydrazone groups is 1. The Kier molecular flexibility index (Phi) is 6.26. The Morgan fingerprint density at radius 1 is 1.07 bits per heavy atom. The molecular formula is C22H22N4O4. The van der Waals surface area contributed by atoms with Gasteiger partial charge in [0.1, 0.15) is 5.69 Å². The predicted octanol–water partition coefficient (Wildman–Crippen LogP) is 3.39. The number of aryl methyl sites for hydroxylation is 2. The lowest BCUT2D eigenvalue weighted by Gasteiger charge is -2.08. The molecule has 30 heavy (non-hydrogen) atoms. The van der Waals surface area contributed by atoms with Crippen LogP contribution in [0.2, 0.25) is 0 Å². The van der Waals surface area contributed by atoms with Crippen LogP contribution in [-0.4, -0.2) is 35.4 Å². The zero-order chi connectivity index (χ0) is 21.7. The maximum absolute atomic E-state index is 12.3. The molecule has 0 bridgehead atoms. The van der Waals surface area contributed by atoms with E-state index in [2.05, 4.69) is 20.7 Å². The fraction of sp³-hybridized carbons (Fsp3) is 0.182. The molecule has 0 atom stereocenters. The van der Waals surface area contributed by atoms with Crippen LogP contribution in [0, 0.1) is 13.8 Å². The first-order valence-corrected chi connectivity index (χ1v) is 9.20. The summed E-state index contributed by atoms with van der Waals surface area (Å²) in [6, 6.07) is 12.6. The highest BCUT2D eigenvalue weighted by Crippen LogP contribution is 2.27. The van der Waals surface area contributed by atoms with E-state index in [0.717, 1.165) is 11.1 Å². The Morgan fingerprint density at radius 2 is 1.87 bits per heavy atom. The number of carbonyl (C=O) groups is 2.